The Balaban J connectivity index is 0.00000180. The van der Waals surface area contributed by atoms with Crippen LogP contribution in [0.2, 0.25) is 0 Å². The molecule has 0 radical (unpaired) electrons. The van der Waals surface area contributed by atoms with E-state index in [0.29, 0.717) is 0 Å². The van der Waals surface area contributed by atoms with Crippen molar-refractivity contribution in [3.05, 3.63) is 50.9 Å². The molecule has 2 heterocycles. The molecule has 0 fully saturated rings. The summed E-state index contributed by atoms with van der Waals surface area (Å²) >= 11 is 3.63. The Kier molecular flexibility index (Phi) is 7.39. The van der Waals surface area contributed by atoms with Crippen LogP contribution >= 0.6 is 35.1 Å². The molecule has 0 amide bonds. The normalized spacial score (nSPS) is 10.3. The van der Waals surface area contributed by atoms with E-state index in [9.17, 15) is 0 Å². The third-order valence-corrected chi connectivity index (χ3v) is 4.83. The quantitative estimate of drug-likeness (QED) is 0.725. The number of halogens is 1. The third kappa shape index (κ3) is 4.46. The molecule has 0 saturated carbocycles. The minimum atomic E-state index is 0. The molecule has 2 aromatic heterocycles. The van der Waals surface area contributed by atoms with Crippen LogP contribution < -0.4 is 0 Å². The fourth-order valence-corrected chi connectivity index (χ4v) is 3.52. The lowest BCUT2D eigenvalue weighted by Gasteiger charge is -2.16. The van der Waals surface area contributed by atoms with Crippen molar-refractivity contribution in [1.29, 1.82) is 0 Å². The van der Waals surface area contributed by atoms with Crippen LogP contribution in [0.3, 0.4) is 0 Å². The molecule has 0 bridgehead atoms. The second-order valence-corrected chi connectivity index (χ2v) is 5.95. The number of likely N-dealkylation sites (N-methyl/N-ethyl adjacent to an activating group) is 1. The fourth-order valence-electron chi connectivity index (χ4n) is 1.89. The maximum Gasteiger partial charge on any atom is 0.0354 e. The molecule has 4 heteroatoms. The van der Waals surface area contributed by atoms with Gasteiger partial charge in [-0.05, 0) is 36.0 Å². The van der Waals surface area contributed by atoms with Gasteiger partial charge in [0.1, 0.15) is 0 Å². The van der Waals surface area contributed by atoms with Crippen LogP contribution in [-0.2, 0) is 0 Å². The zero-order valence-corrected chi connectivity index (χ0v) is 13.8. The summed E-state index contributed by atoms with van der Waals surface area (Å²) in [6.45, 7) is 7.67. The summed E-state index contributed by atoms with van der Waals surface area (Å²) in [7, 11) is 0. The third-order valence-electron chi connectivity index (χ3n) is 3.02. The van der Waals surface area contributed by atoms with Crippen LogP contribution in [0.15, 0.2) is 41.1 Å². The van der Waals surface area contributed by atoms with Crippen molar-refractivity contribution >= 4 is 40.7 Å². The van der Waals surface area contributed by atoms with Crippen molar-refractivity contribution in [2.75, 3.05) is 19.6 Å². The number of hydrogen-bond acceptors (Lipinski definition) is 3. The van der Waals surface area contributed by atoms with Crippen molar-refractivity contribution in [3.63, 3.8) is 0 Å². The summed E-state index contributed by atoms with van der Waals surface area (Å²) in [5.41, 5.74) is 1.38. The second-order valence-electron chi connectivity index (χ2n) is 4.06. The van der Waals surface area contributed by atoms with Crippen LogP contribution in [0.1, 0.15) is 23.6 Å². The topological polar surface area (TPSA) is 3.24 Å². The van der Waals surface area contributed by atoms with Gasteiger partial charge in [-0.25, -0.2) is 0 Å². The van der Waals surface area contributed by atoms with Gasteiger partial charge in [-0.3, -0.25) is 0 Å². The molecule has 0 aromatic carbocycles. The minimum Gasteiger partial charge on any atom is -0.300 e. The van der Waals surface area contributed by atoms with Gasteiger partial charge in [-0.1, -0.05) is 32.1 Å². The molecule has 1 nitrogen and oxygen atoms in total. The van der Waals surface area contributed by atoms with E-state index in [2.05, 4.69) is 59.8 Å². The van der Waals surface area contributed by atoms with Crippen molar-refractivity contribution in [1.82, 2.24) is 4.90 Å². The van der Waals surface area contributed by atoms with Crippen molar-refractivity contribution in [3.8, 4) is 0 Å². The average Bonchev–Trinajstić information content (AvgIpc) is 3.07. The molecule has 0 aliphatic rings. The molecule has 19 heavy (non-hydrogen) atoms. The molecule has 0 saturated heterocycles. The van der Waals surface area contributed by atoms with Gasteiger partial charge in [0.15, 0.2) is 0 Å². The Morgan fingerprint density at radius 1 is 1.05 bits per heavy atom. The minimum absolute atomic E-state index is 0. The first-order valence-electron chi connectivity index (χ1n) is 6.35. The van der Waals surface area contributed by atoms with Gasteiger partial charge < -0.3 is 4.90 Å². The zero-order valence-electron chi connectivity index (χ0n) is 11.3. The van der Waals surface area contributed by atoms with Crippen molar-refractivity contribution in [2.45, 2.75) is 13.8 Å². The zero-order chi connectivity index (χ0) is 12.8. The Morgan fingerprint density at radius 2 is 1.58 bits per heavy atom. The summed E-state index contributed by atoms with van der Waals surface area (Å²) < 4.78 is 0. The first kappa shape index (κ1) is 16.4. The lowest BCUT2D eigenvalue weighted by atomic mass is 10.1. The van der Waals surface area contributed by atoms with E-state index in [4.69, 9.17) is 0 Å². The monoisotopic (exact) mass is 313 g/mol. The largest absolute Gasteiger partial charge is 0.300 e. The Labute approximate surface area is 130 Å². The first-order chi connectivity index (χ1) is 8.85. The summed E-state index contributed by atoms with van der Waals surface area (Å²) in [5.74, 6) is 0. The van der Waals surface area contributed by atoms with Gasteiger partial charge in [-0.15, -0.1) is 35.1 Å². The van der Waals surface area contributed by atoms with Gasteiger partial charge in [0.2, 0.25) is 0 Å². The van der Waals surface area contributed by atoms with Gasteiger partial charge in [-0.2, -0.15) is 0 Å². The van der Waals surface area contributed by atoms with Gasteiger partial charge in [0.25, 0.3) is 0 Å². The van der Waals surface area contributed by atoms with E-state index in [1.807, 2.05) is 22.7 Å². The van der Waals surface area contributed by atoms with Gasteiger partial charge in [0.05, 0.1) is 0 Å². The average molecular weight is 314 g/mol. The molecule has 0 unspecified atom stereocenters. The SMILES string of the molecule is CCN(CC)CC=C(c1cccs1)c1cccs1.Cl. The van der Waals surface area contributed by atoms with Crippen LogP contribution in [0, 0.1) is 0 Å². The van der Waals surface area contributed by atoms with Crippen LogP contribution in [0.4, 0.5) is 0 Å². The molecule has 2 rings (SSSR count). The molecule has 0 aliphatic heterocycles. The van der Waals surface area contributed by atoms with E-state index < -0.39 is 0 Å². The molecule has 104 valence electrons. The van der Waals surface area contributed by atoms with Crippen LogP contribution in [0.25, 0.3) is 5.57 Å². The standard InChI is InChI=1S/C15H19NS2.ClH/c1-3-16(4-2)10-9-13(14-7-5-11-17-14)15-8-6-12-18-15;/h5-9,11-12H,3-4,10H2,1-2H3;1H. The van der Waals surface area contributed by atoms with E-state index in [0.717, 1.165) is 19.6 Å². The summed E-state index contributed by atoms with van der Waals surface area (Å²) in [6.07, 6.45) is 2.37. The lowest BCUT2D eigenvalue weighted by Crippen LogP contribution is -2.22. The Morgan fingerprint density at radius 3 is 1.95 bits per heavy atom. The second kappa shape index (κ2) is 8.54. The summed E-state index contributed by atoms with van der Waals surface area (Å²) in [6, 6.07) is 8.66. The van der Waals surface area contributed by atoms with E-state index >= 15 is 0 Å². The molecule has 0 aliphatic carbocycles. The fraction of sp³-hybridized carbons (Fsp3) is 0.333. The molecule has 0 N–H and O–H groups in total. The highest BCUT2D eigenvalue weighted by Gasteiger charge is 2.07. The maximum absolute atomic E-state index is 2.43. The predicted molar refractivity (Wildman–Crippen MR) is 90.8 cm³/mol. The van der Waals surface area contributed by atoms with E-state index in [1.54, 1.807) is 0 Å². The summed E-state index contributed by atoms with van der Waals surface area (Å²) in [5, 5.41) is 4.29. The molecule has 2 aromatic rings. The molecule has 0 atom stereocenters. The Hall–Kier alpha value is -0.610. The predicted octanol–water partition coefficient (Wildman–Crippen LogP) is 5.00. The van der Waals surface area contributed by atoms with Gasteiger partial charge >= 0.3 is 0 Å². The van der Waals surface area contributed by atoms with Gasteiger partial charge in [0, 0.05) is 21.9 Å². The first-order valence-corrected chi connectivity index (χ1v) is 8.11. The number of nitrogens with zero attached hydrogens (tertiary/aromatic N) is 1. The smallest absolute Gasteiger partial charge is 0.0354 e. The molecular formula is C15H20ClNS2. The molecular weight excluding hydrogens is 294 g/mol. The van der Waals surface area contributed by atoms with Crippen molar-refractivity contribution in [2.24, 2.45) is 0 Å². The number of rotatable bonds is 6. The maximum atomic E-state index is 2.43. The number of thiophene rings is 2. The van der Waals surface area contributed by atoms with Crippen LogP contribution in [-0.4, -0.2) is 24.5 Å². The Bertz CT molecular complexity index is 434. The van der Waals surface area contributed by atoms with Crippen LogP contribution in [0.5, 0.6) is 0 Å². The highest BCUT2D eigenvalue weighted by molar-refractivity contribution is 7.13. The highest BCUT2D eigenvalue weighted by Crippen LogP contribution is 2.30. The number of hydrogen-bond donors (Lipinski definition) is 0. The highest BCUT2D eigenvalue weighted by atomic mass is 35.5. The van der Waals surface area contributed by atoms with Crippen molar-refractivity contribution < 1.29 is 0 Å². The molecule has 0 spiro atoms. The summed E-state index contributed by atoms with van der Waals surface area (Å²) in [4.78, 5) is 5.16. The van der Waals surface area contributed by atoms with E-state index in [1.165, 1.54) is 15.3 Å². The van der Waals surface area contributed by atoms with E-state index in [-0.39, 0.29) is 12.4 Å². The lowest BCUT2D eigenvalue weighted by molar-refractivity contribution is 0.337.